The average Bonchev–Trinajstić information content (AvgIpc) is 2.31. The Kier molecular flexibility index (Phi) is 3.70. The van der Waals surface area contributed by atoms with E-state index in [0.717, 1.165) is 9.48 Å². The first-order valence-electron chi connectivity index (χ1n) is 4.18. The standard InChI is InChI=1S/C8H14BrN3S/c1-4(2)5(3-10)6-7(9)13-8(11)12-6/h4-5H,3,10H2,1-2H3,(H2,11,12). The lowest BCUT2D eigenvalue weighted by Crippen LogP contribution is -2.18. The van der Waals surface area contributed by atoms with Crippen molar-refractivity contribution in [1.82, 2.24) is 4.98 Å². The summed E-state index contributed by atoms with van der Waals surface area (Å²) in [7, 11) is 0. The molecule has 1 aromatic heterocycles. The van der Waals surface area contributed by atoms with Gasteiger partial charge in [-0.05, 0) is 21.8 Å². The molecule has 0 aliphatic heterocycles. The minimum Gasteiger partial charge on any atom is -0.375 e. The van der Waals surface area contributed by atoms with Crippen LogP contribution < -0.4 is 11.5 Å². The molecule has 0 saturated carbocycles. The van der Waals surface area contributed by atoms with E-state index >= 15 is 0 Å². The summed E-state index contributed by atoms with van der Waals surface area (Å²) in [6.45, 7) is 4.89. The van der Waals surface area contributed by atoms with Gasteiger partial charge in [0.2, 0.25) is 0 Å². The summed E-state index contributed by atoms with van der Waals surface area (Å²) >= 11 is 4.91. The minimum absolute atomic E-state index is 0.294. The molecule has 13 heavy (non-hydrogen) atoms. The number of aromatic nitrogens is 1. The Hall–Kier alpha value is -0.130. The zero-order chi connectivity index (χ0) is 10.0. The van der Waals surface area contributed by atoms with Gasteiger partial charge < -0.3 is 11.5 Å². The van der Waals surface area contributed by atoms with Crippen LogP contribution in [0.15, 0.2) is 3.79 Å². The van der Waals surface area contributed by atoms with Gasteiger partial charge in [-0.15, -0.1) is 0 Å². The first-order valence-corrected chi connectivity index (χ1v) is 5.79. The summed E-state index contributed by atoms with van der Waals surface area (Å²) in [6.07, 6.45) is 0. The second kappa shape index (κ2) is 4.39. The van der Waals surface area contributed by atoms with Crippen molar-refractivity contribution < 1.29 is 0 Å². The molecule has 1 aromatic rings. The van der Waals surface area contributed by atoms with Crippen LogP contribution >= 0.6 is 27.3 Å². The third-order valence-corrected chi connectivity index (χ3v) is 3.62. The molecule has 0 saturated heterocycles. The fourth-order valence-corrected chi connectivity index (χ4v) is 2.77. The lowest BCUT2D eigenvalue weighted by molar-refractivity contribution is 0.496. The van der Waals surface area contributed by atoms with Gasteiger partial charge in [-0.3, -0.25) is 0 Å². The number of nitrogens with zero attached hydrogens (tertiary/aromatic N) is 1. The minimum atomic E-state index is 0.294. The third kappa shape index (κ3) is 2.42. The smallest absolute Gasteiger partial charge is 0.181 e. The largest absolute Gasteiger partial charge is 0.375 e. The van der Waals surface area contributed by atoms with Crippen molar-refractivity contribution in [3.05, 3.63) is 9.48 Å². The van der Waals surface area contributed by atoms with Crippen LogP contribution in [0.5, 0.6) is 0 Å². The maximum Gasteiger partial charge on any atom is 0.181 e. The predicted molar refractivity (Wildman–Crippen MR) is 60.9 cm³/mol. The van der Waals surface area contributed by atoms with Gasteiger partial charge in [0.25, 0.3) is 0 Å². The molecule has 0 radical (unpaired) electrons. The van der Waals surface area contributed by atoms with Gasteiger partial charge >= 0.3 is 0 Å². The zero-order valence-electron chi connectivity index (χ0n) is 7.75. The van der Waals surface area contributed by atoms with E-state index < -0.39 is 0 Å². The molecule has 4 N–H and O–H groups in total. The Labute approximate surface area is 90.7 Å². The van der Waals surface area contributed by atoms with Gasteiger partial charge in [0.1, 0.15) is 0 Å². The van der Waals surface area contributed by atoms with Gasteiger partial charge in [0.15, 0.2) is 5.13 Å². The van der Waals surface area contributed by atoms with Crippen LogP contribution in [0, 0.1) is 5.92 Å². The van der Waals surface area contributed by atoms with Crippen LogP contribution in [0.25, 0.3) is 0 Å². The molecule has 1 rings (SSSR count). The van der Waals surface area contributed by atoms with Crippen molar-refractivity contribution in [2.24, 2.45) is 11.7 Å². The normalized spacial score (nSPS) is 13.6. The highest BCUT2D eigenvalue weighted by Gasteiger charge is 2.20. The van der Waals surface area contributed by atoms with Crippen molar-refractivity contribution in [1.29, 1.82) is 0 Å². The molecule has 0 bridgehead atoms. The number of anilines is 1. The van der Waals surface area contributed by atoms with Crippen LogP contribution in [-0.4, -0.2) is 11.5 Å². The molecule has 0 fully saturated rings. The number of hydrogen-bond acceptors (Lipinski definition) is 4. The molecule has 3 nitrogen and oxygen atoms in total. The number of nitrogens with two attached hydrogens (primary N) is 2. The maximum absolute atomic E-state index is 5.69. The van der Waals surface area contributed by atoms with Gasteiger partial charge in [0, 0.05) is 12.5 Å². The summed E-state index contributed by atoms with van der Waals surface area (Å²) in [4.78, 5) is 4.27. The van der Waals surface area contributed by atoms with Crippen LogP contribution in [0.2, 0.25) is 0 Å². The SMILES string of the molecule is CC(C)C(CN)c1nc(N)sc1Br. The Balaban J connectivity index is 2.97. The first kappa shape index (κ1) is 10.9. The van der Waals surface area contributed by atoms with E-state index in [4.69, 9.17) is 11.5 Å². The average molecular weight is 264 g/mol. The van der Waals surface area contributed by atoms with Crippen molar-refractivity contribution in [3.8, 4) is 0 Å². The summed E-state index contributed by atoms with van der Waals surface area (Å²) in [5.41, 5.74) is 12.3. The second-order valence-corrected chi connectivity index (χ2v) is 5.65. The van der Waals surface area contributed by atoms with Gasteiger partial charge in [0.05, 0.1) is 9.48 Å². The molecule has 0 aromatic carbocycles. The maximum atomic E-state index is 5.69. The van der Waals surface area contributed by atoms with E-state index in [1.807, 2.05) is 0 Å². The molecule has 74 valence electrons. The highest BCUT2D eigenvalue weighted by atomic mass is 79.9. The number of thiazole rings is 1. The summed E-state index contributed by atoms with van der Waals surface area (Å²) in [5, 5.41) is 0.598. The fourth-order valence-electron chi connectivity index (χ4n) is 1.26. The van der Waals surface area contributed by atoms with E-state index in [-0.39, 0.29) is 0 Å². The molecule has 1 atom stereocenters. The van der Waals surface area contributed by atoms with Crippen LogP contribution in [0.1, 0.15) is 25.5 Å². The number of hydrogen-bond donors (Lipinski definition) is 2. The topological polar surface area (TPSA) is 64.9 Å². The number of halogens is 1. The van der Waals surface area contributed by atoms with Crippen molar-refractivity contribution in [3.63, 3.8) is 0 Å². The van der Waals surface area contributed by atoms with Crippen LogP contribution in [-0.2, 0) is 0 Å². The Morgan fingerprint density at radius 2 is 2.15 bits per heavy atom. The summed E-state index contributed by atoms with van der Waals surface area (Å²) in [6, 6.07) is 0. The van der Waals surface area contributed by atoms with E-state index in [9.17, 15) is 0 Å². The Bertz CT molecular complexity index is 285. The molecule has 0 spiro atoms. The second-order valence-electron chi connectivity index (χ2n) is 3.30. The van der Waals surface area contributed by atoms with Gasteiger partial charge in [-0.2, -0.15) is 0 Å². The molecular weight excluding hydrogens is 250 g/mol. The molecule has 5 heteroatoms. The number of rotatable bonds is 3. The molecule has 0 aliphatic carbocycles. The number of nitrogen functional groups attached to an aromatic ring is 1. The summed E-state index contributed by atoms with van der Waals surface area (Å²) in [5.74, 6) is 0.783. The van der Waals surface area contributed by atoms with E-state index in [1.54, 1.807) is 0 Å². The van der Waals surface area contributed by atoms with E-state index in [0.29, 0.717) is 23.5 Å². The van der Waals surface area contributed by atoms with Crippen LogP contribution in [0.3, 0.4) is 0 Å². The predicted octanol–water partition coefficient (Wildman–Crippen LogP) is 2.19. The quantitative estimate of drug-likeness (QED) is 0.879. The van der Waals surface area contributed by atoms with Crippen LogP contribution in [0.4, 0.5) is 5.13 Å². The van der Waals surface area contributed by atoms with Crippen molar-refractivity contribution >= 4 is 32.4 Å². The highest BCUT2D eigenvalue weighted by molar-refractivity contribution is 9.11. The molecule has 0 aliphatic rings. The molecule has 1 unspecified atom stereocenters. The van der Waals surface area contributed by atoms with Crippen molar-refractivity contribution in [2.45, 2.75) is 19.8 Å². The van der Waals surface area contributed by atoms with Gasteiger partial charge in [-0.1, -0.05) is 25.2 Å². The Morgan fingerprint density at radius 1 is 1.54 bits per heavy atom. The first-order chi connectivity index (χ1) is 6.06. The molecule has 0 amide bonds. The van der Waals surface area contributed by atoms with E-state index in [2.05, 4.69) is 34.8 Å². The lowest BCUT2D eigenvalue weighted by atomic mass is 9.93. The Morgan fingerprint density at radius 3 is 2.46 bits per heavy atom. The highest BCUT2D eigenvalue weighted by Crippen LogP contribution is 2.34. The lowest BCUT2D eigenvalue weighted by Gasteiger charge is -2.16. The van der Waals surface area contributed by atoms with Gasteiger partial charge in [-0.25, -0.2) is 4.98 Å². The summed E-state index contributed by atoms with van der Waals surface area (Å²) < 4.78 is 1.01. The monoisotopic (exact) mass is 263 g/mol. The zero-order valence-corrected chi connectivity index (χ0v) is 10.2. The van der Waals surface area contributed by atoms with Crippen molar-refractivity contribution in [2.75, 3.05) is 12.3 Å². The third-order valence-electron chi connectivity index (χ3n) is 2.04. The molecule has 1 heterocycles. The van der Waals surface area contributed by atoms with E-state index in [1.165, 1.54) is 11.3 Å². The molecular formula is C8H14BrN3S. The fraction of sp³-hybridized carbons (Fsp3) is 0.625.